The van der Waals surface area contributed by atoms with Crippen LogP contribution >= 0.6 is 0 Å². The first-order valence-corrected chi connectivity index (χ1v) is 6.56. The lowest BCUT2D eigenvalue weighted by Crippen LogP contribution is -2.38. The lowest BCUT2D eigenvalue weighted by molar-refractivity contribution is -0.125. The molecule has 2 N–H and O–H groups in total. The smallest absolute Gasteiger partial charge is 0.319 e. The summed E-state index contributed by atoms with van der Waals surface area (Å²) >= 11 is 0. The first kappa shape index (κ1) is 15.9. The van der Waals surface area contributed by atoms with Gasteiger partial charge in [-0.1, -0.05) is 0 Å². The average Bonchev–Trinajstić information content (AvgIpc) is 2.78. The Morgan fingerprint density at radius 1 is 1.37 bits per heavy atom. The van der Waals surface area contributed by atoms with Crippen LogP contribution in [0.1, 0.15) is 5.76 Å². The van der Waals surface area contributed by atoms with E-state index in [4.69, 9.17) is 4.42 Å². The van der Waals surface area contributed by atoms with E-state index in [1.807, 2.05) is 4.72 Å². The van der Waals surface area contributed by atoms with Crippen molar-refractivity contribution in [2.24, 2.45) is 0 Å². The van der Waals surface area contributed by atoms with Crippen molar-refractivity contribution in [1.82, 2.24) is 10.0 Å². The maximum atomic E-state index is 12.5. The summed E-state index contributed by atoms with van der Waals surface area (Å²) in [5, 5.41) is 1.69. The zero-order valence-electron chi connectivity index (χ0n) is 9.79. The van der Waals surface area contributed by atoms with Gasteiger partial charge < -0.3 is 9.73 Å². The van der Waals surface area contributed by atoms with E-state index in [0.29, 0.717) is 0 Å². The van der Waals surface area contributed by atoms with E-state index in [-0.39, 0.29) is 17.4 Å². The highest BCUT2D eigenvalue weighted by molar-refractivity contribution is 7.89. The van der Waals surface area contributed by atoms with E-state index in [0.717, 1.165) is 6.07 Å². The second kappa shape index (κ2) is 5.88. The summed E-state index contributed by atoms with van der Waals surface area (Å²) in [5.41, 5.74) is 0. The molecule has 0 aliphatic heterocycles. The summed E-state index contributed by atoms with van der Waals surface area (Å²) in [6.45, 7) is -1.53. The van der Waals surface area contributed by atoms with Gasteiger partial charge in [0, 0.05) is 0 Å². The van der Waals surface area contributed by atoms with E-state index in [9.17, 15) is 26.0 Å². The van der Waals surface area contributed by atoms with Crippen molar-refractivity contribution in [3.8, 4) is 0 Å². The minimum Gasteiger partial charge on any atom is -0.447 e. The molecule has 1 aromatic rings. The summed E-state index contributed by atoms with van der Waals surface area (Å²) in [5.74, 6) is -4.11. The molecule has 0 radical (unpaired) electrons. The molecule has 0 aromatic carbocycles. The zero-order valence-corrected chi connectivity index (χ0v) is 10.6. The molecule has 0 amide bonds. The fraction of sp³-hybridized carbons (Fsp3) is 0.556. The van der Waals surface area contributed by atoms with Gasteiger partial charge in [0.05, 0.1) is 13.1 Å². The van der Waals surface area contributed by atoms with Gasteiger partial charge in [-0.25, -0.2) is 21.9 Å². The predicted octanol–water partition coefficient (Wildman–Crippen LogP) is 1.18. The number of nitrogens with one attached hydrogen (secondary N) is 2. The van der Waals surface area contributed by atoms with Crippen LogP contribution in [0.3, 0.4) is 0 Å². The van der Waals surface area contributed by atoms with Crippen molar-refractivity contribution < 1.29 is 30.4 Å². The highest BCUT2D eigenvalue weighted by atomic mass is 32.2. The first-order valence-electron chi connectivity index (χ1n) is 5.08. The third kappa shape index (κ3) is 4.18. The molecule has 0 aliphatic carbocycles. The highest BCUT2D eigenvalue weighted by Gasteiger charge is 2.40. The van der Waals surface area contributed by atoms with Gasteiger partial charge in [-0.05, 0) is 19.2 Å². The minimum absolute atomic E-state index is 0.0406. The van der Waals surface area contributed by atoms with Gasteiger partial charge in [0.2, 0.25) is 5.09 Å². The van der Waals surface area contributed by atoms with Gasteiger partial charge in [0.25, 0.3) is 10.0 Å². The zero-order chi connectivity index (χ0) is 14.7. The Labute approximate surface area is 107 Å². The van der Waals surface area contributed by atoms with E-state index in [1.165, 1.54) is 13.1 Å². The van der Waals surface area contributed by atoms with E-state index in [1.54, 1.807) is 0 Å². The Bertz CT molecular complexity index is 515. The molecule has 0 saturated heterocycles. The van der Waals surface area contributed by atoms with E-state index in [2.05, 4.69) is 5.32 Å². The molecular formula is C9H12F4N2O3S. The second-order valence-corrected chi connectivity index (χ2v) is 5.41. The molecule has 0 aliphatic rings. The van der Waals surface area contributed by atoms with Crippen LogP contribution in [-0.2, 0) is 16.6 Å². The molecule has 0 saturated carbocycles. The number of furan rings is 1. The largest absolute Gasteiger partial charge is 0.447 e. The first-order chi connectivity index (χ1) is 8.69. The number of halogens is 4. The maximum absolute atomic E-state index is 12.5. The molecule has 1 heterocycles. The molecule has 5 nitrogen and oxygen atoms in total. The molecule has 1 rings (SSSR count). The van der Waals surface area contributed by atoms with Gasteiger partial charge in [-0.3, -0.25) is 0 Å². The Kier molecular flexibility index (Phi) is 4.93. The van der Waals surface area contributed by atoms with Crippen LogP contribution in [0.4, 0.5) is 17.6 Å². The Balaban J connectivity index is 2.57. The summed E-state index contributed by atoms with van der Waals surface area (Å²) < 4.78 is 78.2. The topological polar surface area (TPSA) is 71.3 Å². The number of alkyl halides is 4. The Morgan fingerprint density at radius 3 is 2.53 bits per heavy atom. The Morgan fingerprint density at radius 2 is 2.00 bits per heavy atom. The summed E-state index contributed by atoms with van der Waals surface area (Å²) in [6, 6.07) is 2.38. The van der Waals surface area contributed by atoms with E-state index >= 15 is 0 Å². The fourth-order valence-corrected chi connectivity index (χ4v) is 1.79. The van der Waals surface area contributed by atoms with Crippen LogP contribution in [0, 0.1) is 0 Å². The van der Waals surface area contributed by atoms with Gasteiger partial charge in [-0.2, -0.15) is 8.78 Å². The molecule has 110 valence electrons. The standard InChI is InChI=1S/C9H12F4N2O3S/c1-14-19(16,17)7-3-2-6(18-7)4-15-5-9(12,13)8(10)11/h2-3,8,14-15H,4-5H2,1H3. The monoisotopic (exact) mass is 304 g/mol. The average molecular weight is 304 g/mol. The molecule has 10 heteroatoms. The Hall–Kier alpha value is -1.13. The van der Waals surface area contributed by atoms with Crippen molar-refractivity contribution in [3.63, 3.8) is 0 Å². The summed E-state index contributed by atoms with van der Waals surface area (Å²) in [6.07, 6.45) is -3.77. The van der Waals surface area contributed by atoms with Crippen LogP contribution in [0.2, 0.25) is 0 Å². The normalized spacial score (nSPS) is 13.2. The van der Waals surface area contributed by atoms with Crippen molar-refractivity contribution in [2.75, 3.05) is 13.6 Å². The fourth-order valence-electron chi connectivity index (χ4n) is 1.13. The van der Waals surface area contributed by atoms with Gasteiger partial charge in [0.1, 0.15) is 5.76 Å². The number of hydrogen-bond acceptors (Lipinski definition) is 4. The lowest BCUT2D eigenvalue weighted by atomic mass is 10.3. The molecule has 0 atom stereocenters. The number of sulfonamides is 1. The van der Waals surface area contributed by atoms with Crippen LogP contribution in [0.15, 0.2) is 21.6 Å². The number of rotatable bonds is 7. The van der Waals surface area contributed by atoms with Crippen molar-refractivity contribution in [1.29, 1.82) is 0 Å². The summed E-state index contributed by atoms with van der Waals surface area (Å²) in [4.78, 5) is 0. The van der Waals surface area contributed by atoms with Crippen LogP contribution in [0.5, 0.6) is 0 Å². The molecule has 0 spiro atoms. The van der Waals surface area contributed by atoms with Crippen molar-refractivity contribution in [3.05, 3.63) is 17.9 Å². The highest BCUT2D eigenvalue weighted by Crippen LogP contribution is 2.21. The lowest BCUT2D eigenvalue weighted by Gasteiger charge is -2.15. The molecule has 1 aromatic heterocycles. The molecular weight excluding hydrogens is 292 g/mol. The van der Waals surface area contributed by atoms with Crippen LogP contribution in [0.25, 0.3) is 0 Å². The van der Waals surface area contributed by atoms with Crippen LogP contribution in [-0.4, -0.2) is 34.4 Å². The van der Waals surface area contributed by atoms with Crippen molar-refractivity contribution >= 4 is 10.0 Å². The predicted molar refractivity (Wildman–Crippen MR) is 57.6 cm³/mol. The third-order valence-electron chi connectivity index (χ3n) is 2.15. The SMILES string of the molecule is CNS(=O)(=O)c1ccc(CNCC(F)(F)C(F)F)o1. The number of hydrogen-bond donors (Lipinski definition) is 2. The van der Waals surface area contributed by atoms with Crippen molar-refractivity contribution in [2.45, 2.75) is 24.0 Å². The quantitative estimate of drug-likeness (QED) is 0.742. The summed E-state index contributed by atoms with van der Waals surface area (Å²) in [7, 11) is -2.58. The van der Waals surface area contributed by atoms with Gasteiger partial charge in [-0.15, -0.1) is 0 Å². The minimum atomic E-state index is -4.15. The van der Waals surface area contributed by atoms with Gasteiger partial charge >= 0.3 is 12.3 Å². The van der Waals surface area contributed by atoms with E-state index < -0.39 is 28.9 Å². The maximum Gasteiger partial charge on any atom is 0.319 e. The molecule has 0 unspecified atom stereocenters. The molecule has 0 bridgehead atoms. The van der Waals surface area contributed by atoms with Crippen LogP contribution < -0.4 is 10.0 Å². The van der Waals surface area contributed by atoms with Gasteiger partial charge in [0.15, 0.2) is 0 Å². The second-order valence-electron chi connectivity index (χ2n) is 3.59. The molecule has 19 heavy (non-hydrogen) atoms. The third-order valence-corrected chi connectivity index (χ3v) is 3.44. The molecule has 0 fully saturated rings.